The van der Waals surface area contributed by atoms with Crippen LogP contribution in [0.5, 0.6) is 0 Å². The third-order valence-electron chi connectivity index (χ3n) is 2.19. The Balaban J connectivity index is 3.52. The van der Waals surface area contributed by atoms with E-state index in [-0.39, 0.29) is 0 Å². The van der Waals surface area contributed by atoms with E-state index in [0.717, 1.165) is 5.75 Å². The standard InChI is InChI=1S/C9H22N2S/c1-4-6-12-7-9(11-10)8(3)5-2/h8-9,11H,4-7,10H2,1-3H3. The summed E-state index contributed by atoms with van der Waals surface area (Å²) >= 11 is 1.99. The molecule has 0 aliphatic carbocycles. The Kier molecular flexibility index (Phi) is 8.07. The molecule has 12 heavy (non-hydrogen) atoms. The molecule has 0 rings (SSSR count). The van der Waals surface area contributed by atoms with E-state index >= 15 is 0 Å². The Morgan fingerprint density at radius 3 is 2.50 bits per heavy atom. The molecule has 0 aromatic rings. The third kappa shape index (κ3) is 5.01. The zero-order valence-electron chi connectivity index (χ0n) is 8.47. The molecule has 0 amide bonds. The van der Waals surface area contributed by atoms with Crippen LogP contribution in [-0.4, -0.2) is 17.5 Å². The fraction of sp³-hybridized carbons (Fsp3) is 1.00. The quantitative estimate of drug-likeness (QED) is 0.366. The van der Waals surface area contributed by atoms with Gasteiger partial charge in [-0.25, -0.2) is 0 Å². The summed E-state index contributed by atoms with van der Waals surface area (Å²) in [6.45, 7) is 6.66. The molecule has 0 aliphatic rings. The molecule has 0 fully saturated rings. The summed E-state index contributed by atoms with van der Waals surface area (Å²) in [6, 6.07) is 0.478. The Hall–Kier alpha value is 0.270. The van der Waals surface area contributed by atoms with Crippen LogP contribution >= 0.6 is 11.8 Å². The fourth-order valence-electron chi connectivity index (χ4n) is 1.02. The van der Waals surface area contributed by atoms with Crippen LogP contribution in [0.15, 0.2) is 0 Å². The minimum atomic E-state index is 0.478. The topological polar surface area (TPSA) is 38.0 Å². The Labute approximate surface area is 80.6 Å². The lowest BCUT2D eigenvalue weighted by atomic mass is 10.0. The lowest BCUT2D eigenvalue weighted by molar-refractivity contribution is 0.403. The average Bonchev–Trinajstić information content (AvgIpc) is 2.11. The van der Waals surface area contributed by atoms with Crippen LogP contribution in [0.3, 0.4) is 0 Å². The van der Waals surface area contributed by atoms with Crippen molar-refractivity contribution in [2.24, 2.45) is 11.8 Å². The molecule has 2 unspecified atom stereocenters. The van der Waals surface area contributed by atoms with E-state index in [0.29, 0.717) is 12.0 Å². The molecule has 3 N–H and O–H groups in total. The molecule has 0 spiro atoms. The first-order chi connectivity index (χ1) is 5.76. The molecule has 2 atom stereocenters. The Morgan fingerprint density at radius 1 is 1.42 bits per heavy atom. The highest BCUT2D eigenvalue weighted by molar-refractivity contribution is 7.99. The van der Waals surface area contributed by atoms with Crippen molar-refractivity contribution in [1.29, 1.82) is 0 Å². The summed E-state index contributed by atoms with van der Waals surface area (Å²) in [5.74, 6) is 8.53. The predicted molar refractivity (Wildman–Crippen MR) is 58.2 cm³/mol. The first-order valence-corrected chi connectivity index (χ1v) is 5.95. The molecular weight excluding hydrogens is 168 g/mol. The van der Waals surface area contributed by atoms with E-state index in [1.54, 1.807) is 0 Å². The van der Waals surface area contributed by atoms with Gasteiger partial charge in [0.2, 0.25) is 0 Å². The number of hydrazine groups is 1. The summed E-state index contributed by atoms with van der Waals surface area (Å²) in [7, 11) is 0. The zero-order valence-corrected chi connectivity index (χ0v) is 9.29. The van der Waals surface area contributed by atoms with Gasteiger partial charge < -0.3 is 0 Å². The van der Waals surface area contributed by atoms with Crippen molar-refractivity contribution in [2.45, 2.75) is 39.7 Å². The molecule has 0 heterocycles. The summed E-state index contributed by atoms with van der Waals surface area (Å²) < 4.78 is 0. The van der Waals surface area contributed by atoms with Gasteiger partial charge in [0.15, 0.2) is 0 Å². The molecule has 3 heteroatoms. The predicted octanol–water partition coefficient (Wildman–Crippen LogP) is 2.01. The normalized spacial score (nSPS) is 16.0. The van der Waals surface area contributed by atoms with Crippen molar-refractivity contribution in [3.8, 4) is 0 Å². The van der Waals surface area contributed by atoms with E-state index in [9.17, 15) is 0 Å². The molecule has 0 aliphatic heterocycles. The number of nitrogens with one attached hydrogen (secondary N) is 1. The fourth-order valence-corrected chi connectivity index (χ4v) is 2.15. The second-order valence-corrected chi connectivity index (χ2v) is 4.38. The lowest BCUT2D eigenvalue weighted by Crippen LogP contribution is -2.41. The molecule has 2 nitrogen and oxygen atoms in total. The Bertz CT molecular complexity index is 98.5. The molecule has 74 valence electrons. The average molecular weight is 190 g/mol. The van der Waals surface area contributed by atoms with Crippen molar-refractivity contribution in [3.63, 3.8) is 0 Å². The summed E-state index contributed by atoms with van der Waals surface area (Å²) in [5, 5.41) is 0. The van der Waals surface area contributed by atoms with Crippen molar-refractivity contribution < 1.29 is 0 Å². The van der Waals surface area contributed by atoms with Crippen molar-refractivity contribution >= 4 is 11.8 Å². The van der Waals surface area contributed by atoms with Gasteiger partial charge in [-0.05, 0) is 18.1 Å². The van der Waals surface area contributed by atoms with Gasteiger partial charge in [0.1, 0.15) is 0 Å². The number of hydrogen-bond donors (Lipinski definition) is 2. The second kappa shape index (κ2) is 7.90. The van der Waals surface area contributed by atoms with Gasteiger partial charge in [0.25, 0.3) is 0 Å². The van der Waals surface area contributed by atoms with E-state index in [2.05, 4.69) is 26.2 Å². The monoisotopic (exact) mass is 190 g/mol. The lowest BCUT2D eigenvalue weighted by Gasteiger charge is -2.21. The van der Waals surface area contributed by atoms with Gasteiger partial charge >= 0.3 is 0 Å². The molecule has 0 saturated heterocycles. The minimum Gasteiger partial charge on any atom is -0.271 e. The van der Waals surface area contributed by atoms with Gasteiger partial charge in [-0.2, -0.15) is 11.8 Å². The molecule has 0 saturated carbocycles. The van der Waals surface area contributed by atoms with Gasteiger partial charge in [-0.1, -0.05) is 27.2 Å². The number of rotatable bonds is 7. The highest BCUT2D eigenvalue weighted by Gasteiger charge is 2.12. The molecule has 0 aromatic carbocycles. The third-order valence-corrected chi connectivity index (χ3v) is 3.48. The van der Waals surface area contributed by atoms with Crippen LogP contribution in [0.4, 0.5) is 0 Å². The van der Waals surface area contributed by atoms with E-state index < -0.39 is 0 Å². The van der Waals surface area contributed by atoms with Crippen LogP contribution in [-0.2, 0) is 0 Å². The second-order valence-electron chi connectivity index (χ2n) is 3.23. The maximum absolute atomic E-state index is 5.47. The highest BCUT2D eigenvalue weighted by atomic mass is 32.2. The smallest absolute Gasteiger partial charge is 0.0326 e. The van der Waals surface area contributed by atoms with Gasteiger partial charge in [0, 0.05) is 11.8 Å². The van der Waals surface area contributed by atoms with Crippen LogP contribution in [0, 0.1) is 5.92 Å². The molecule has 0 radical (unpaired) electrons. The zero-order chi connectivity index (χ0) is 9.40. The van der Waals surface area contributed by atoms with Crippen LogP contribution < -0.4 is 11.3 Å². The first kappa shape index (κ1) is 12.3. The number of nitrogens with two attached hydrogens (primary N) is 1. The van der Waals surface area contributed by atoms with Crippen LogP contribution in [0.1, 0.15) is 33.6 Å². The molecule has 0 aromatic heterocycles. The minimum absolute atomic E-state index is 0.478. The Morgan fingerprint density at radius 2 is 2.08 bits per heavy atom. The first-order valence-electron chi connectivity index (χ1n) is 4.80. The van der Waals surface area contributed by atoms with Crippen LogP contribution in [0.25, 0.3) is 0 Å². The van der Waals surface area contributed by atoms with E-state index in [1.807, 2.05) is 11.8 Å². The molecule has 0 bridgehead atoms. The molecular formula is C9H22N2S. The van der Waals surface area contributed by atoms with E-state index in [4.69, 9.17) is 5.84 Å². The largest absolute Gasteiger partial charge is 0.271 e. The van der Waals surface area contributed by atoms with Crippen molar-refractivity contribution in [3.05, 3.63) is 0 Å². The van der Waals surface area contributed by atoms with Gasteiger partial charge in [-0.15, -0.1) is 0 Å². The maximum Gasteiger partial charge on any atom is 0.0326 e. The number of hydrogen-bond acceptors (Lipinski definition) is 3. The summed E-state index contributed by atoms with van der Waals surface area (Å²) in [4.78, 5) is 0. The van der Waals surface area contributed by atoms with Crippen molar-refractivity contribution in [1.82, 2.24) is 5.43 Å². The van der Waals surface area contributed by atoms with Crippen molar-refractivity contribution in [2.75, 3.05) is 11.5 Å². The highest BCUT2D eigenvalue weighted by Crippen LogP contribution is 2.13. The number of thioether (sulfide) groups is 1. The maximum atomic E-state index is 5.47. The van der Waals surface area contributed by atoms with Crippen LogP contribution in [0.2, 0.25) is 0 Å². The van der Waals surface area contributed by atoms with Gasteiger partial charge in [-0.3, -0.25) is 11.3 Å². The summed E-state index contributed by atoms with van der Waals surface area (Å²) in [5.41, 5.74) is 2.89. The SMILES string of the molecule is CCCSCC(NN)C(C)CC. The van der Waals surface area contributed by atoms with E-state index in [1.165, 1.54) is 18.6 Å². The summed E-state index contributed by atoms with van der Waals surface area (Å²) in [6.07, 6.45) is 2.45. The van der Waals surface area contributed by atoms with Gasteiger partial charge in [0.05, 0.1) is 0 Å².